The molecule has 0 aliphatic carbocycles. The van der Waals surface area contributed by atoms with Gasteiger partial charge in [0.2, 0.25) is 0 Å². The average molecular weight is 504 g/mol. The lowest BCUT2D eigenvalue weighted by Gasteiger charge is -2.33. The molecule has 0 unspecified atom stereocenters. The Morgan fingerprint density at radius 1 is 1.14 bits per heavy atom. The van der Waals surface area contributed by atoms with Crippen molar-refractivity contribution in [3.8, 4) is 17.6 Å². The van der Waals surface area contributed by atoms with Gasteiger partial charge in [-0.2, -0.15) is 0 Å². The summed E-state index contributed by atoms with van der Waals surface area (Å²) in [6, 6.07) is 12.7. The molecule has 2 aromatic carbocycles. The molecule has 2 saturated heterocycles. The first kappa shape index (κ1) is 24.6. The van der Waals surface area contributed by atoms with Crippen LogP contribution in [0, 0.1) is 11.8 Å². The fraction of sp³-hybridized carbons (Fsp3) is 0.370. The van der Waals surface area contributed by atoms with Crippen molar-refractivity contribution in [1.29, 1.82) is 0 Å². The number of amidine groups is 1. The maximum absolute atomic E-state index is 12.9. The fourth-order valence-corrected chi connectivity index (χ4v) is 4.88. The smallest absolute Gasteiger partial charge is 0.323 e. The summed E-state index contributed by atoms with van der Waals surface area (Å²) in [6.07, 6.45) is 0.810. The van der Waals surface area contributed by atoms with Gasteiger partial charge in [-0.15, -0.1) is 0 Å². The summed E-state index contributed by atoms with van der Waals surface area (Å²) < 4.78 is 10.7. The van der Waals surface area contributed by atoms with E-state index in [1.54, 1.807) is 19.2 Å². The van der Waals surface area contributed by atoms with Crippen molar-refractivity contribution in [1.82, 2.24) is 20.4 Å². The van der Waals surface area contributed by atoms with E-state index in [1.807, 2.05) is 35.2 Å². The predicted octanol–water partition coefficient (Wildman–Crippen LogP) is 1.15. The van der Waals surface area contributed by atoms with Crippen molar-refractivity contribution < 1.29 is 24.3 Å². The molecule has 3 amide bonds. The van der Waals surface area contributed by atoms with Gasteiger partial charge in [-0.25, -0.2) is 4.79 Å². The number of hydrogen-bond acceptors (Lipinski definition) is 7. The molecule has 5 rings (SSSR count). The van der Waals surface area contributed by atoms with E-state index >= 15 is 0 Å². The summed E-state index contributed by atoms with van der Waals surface area (Å²) in [5.74, 6) is 6.95. The highest BCUT2D eigenvalue weighted by Gasteiger charge is 2.46. The number of ether oxygens (including phenoxy) is 2. The highest BCUT2D eigenvalue weighted by Crippen LogP contribution is 2.25. The number of oxime groups is 1. The normalized spacial score (nSPS) is 22.0. The van der Waals surface area contributed by atoms with Crippen molar-refractivity contribution in [2.75, 3.05) is 46.5 Å². The van der Waals surface area contributed by atoms with Gasteiger partial charge in [0.25, 0.3) is 5.91 Å². The van der Waals surface area contributed by atoms with Gasteiger partial charge < -0.3 is 24.9 Å². The number of nitrogens with one attached hydrogen (secondary N) is 2. The molecule has 3 aliphatic heterocycles. The topological polar surface area (TPSA) is 116 Å². The number of methoxy groups -OCH3 is 1. The maximum atomic E-state index is 12.9. The first-order chi connectivity index (χ1) is 18.0. The van der Waals surface area contributed by atoms with Crippen LogP contribution in [0.2, 0.25) is 0 Å². The second-order valence-electron chi connectivity index (χ2n) is 9.26. The fourth-order valence-electron chi connectivity index (χ4n) is 4.88. The van der Waals surface area contributed by atoms with E-state index in [4.69, 9.17) is 9.47 Å². The van der Waals surface area contributed by atoms with Crippen LogP contribution in [0.4, 0.5) is 4.79 Å². The van der Waals surface area contributed by atoms with Gasteiger partial charge in [-0.1, -0.05) is 23.1 Å². The van der Waals surface area contributed by atoms with Crippen LogP contribution in [0.25, 0.3) is 0 Å². The molecule has 0 aromatic heterocycles. The lowest BCUT2D eigenvalue weighted by molar-refractivity contribution is -0.122. The molecule has 3 aliphatic rings. The Kier molecular flexibility index (Phi) is 6.99. The molecule has 3 heterocycles. The largest absolute Gasteiger partial charge is 0.497 e. The van der Waals surface area contributed by atoms with Crippen LogP contribution in [-0.2, 0) is 22.5 Å². The van der Waals surface area contributed by atoms with Crippen LogP contribution < -0.4 is 15.4 Å². The van der Waals surface area contributed by atoms with Crippen molar-refractivity contribution in [2.45, 2.75) is 18.5 Å². The molecule has 10 nitrogen and oxygen atoms in total. The van der Waals surface area contributed by atoms with Gasteiger partial charge in [0, 0.05) is 43.9 Å². The number of imide groups is 1. The van der Waals surface area contributed by atoms with Crippen LogP contribution in [0.5, 0.6) is 5.75 Å². The average Bonchev–Trinajstić information content (AvgIpc) is 3.21. The Morgan fingerprint density at radius 3 is 2.59 bits per heavy atom. The monoisotopic (exact) mass is 503 g/mol. The van der Waals surface area contributed by atoms with E-state index < -0.39 is 17.5 Å². The van der Waals surface area contributed by atoms with Crippen molar-refractivity contribution in [3.05, 3.63) is 64.7 Å². The summed E-state index contributed by atoms with van der Waals surface area (Å²) in [6.45, 7) is 4.08. The zero-order chi connectivity index (χ0) is 25.8. The lowest BCUT2D eigenvalue weighted by atomic mass is 9.95. The first-order valence-electron chi connectivity index (χ1n) is 12.2. The summed E-state index contributed by atoms with van der Waals surface area (Å²) in [7, 11) is 1.65. The van der Waals surface area contributed by atoms with Crippen molar-refractivity contribution in [3.63, 3.8) is 0 Å². The number of benzene rings is 2. The Balaban J connectivity index is 1.34. The van der Waals surface area contributed by atoms with Gasteiger partial charge in [0.15, 0.2) is 11.4 Å². The number of urea groups is 1. The highest BCUT2D eigenvalue weighted by molar-refractivity contribution is 6.09. The van der Waals surface area contributed by atoms with Crippen LogP contribution in [-0.4, -0.2) is 84.8 Å². The third kappa shape index (κ3) is 5.23. The van der Waals surface area contributed by atoms with Gasteiger partial charge in [0.05, 0.1) is 20.3 Å². The molecule has 37 heavy (non-hydrogen) atoms. The summed E-state index contributed by atoms with van der Waals surface area (Å²) in [5, 5.41) is 18.1. The zero-order valence-corrected chi connectivity index (χ0v) is 20.6. The molecule has 0 radical (unpaired) electrons. The van der Waals surface area contributed by atoms with Gasteiger partial charge in [-0.3, -0.25) is 15.0 Å². The third-order valence-electron chi connectivity index (χ3n) is 6.88. The zero-order valence-electron chi connectivity index (χ0n) is 20.6. The van der Waals surface area contributed by atoms with Crippen LogP contribution >= 0.6 is 0 Å². The second kappa shape index (κ2) is 10.5. The molecule has 10 heteroatoms. The summed E-state index contributed by atoms with van der Waals surface area (Å²) >= 11 is 0. The van der Waals surface area contributed by atoms with E-state index in [-0.39, 0.29) is 6.54 Å². The number of amides is 3. The lowest BCUT2D eigenvalue weighted by Crippen LogP contribution is -2.55. The Labute approximate surface area is 215 Å². The van der Waals surface area contributed by atoms with Crippen molar-refractivity contribution in [2.24, 2.45) is 5.16 Å². The first-order valence-corrected chi connectivity index (χ1v) is 12.2. The molecule has 0 bridgehead atoms. The van der Waals surface area contributed by atoms with E-state index in [0.29, 0.717) is 44.2 Å². The van der Waals surface area contributed by atoms with E-state index in [1.165, 1.54) is 5.56 Å². The third-order valence-corrected chi connectivity index (χ3v) is 6.88. The second-order valence-corrected chi connectivity index (χ2v) is 9.26. The Morgan fingerprint density at radius 2 is 1.92 bits per heavy atom. The molecular weight excluding hydrogens is 474 g/mol. The molecule has 0 saturated carbocycles. The Bertz CT molecular complexity index is 1280. The highest BCUT2D eigenvalue weighted by atomic mass is 16.5. The number of morpholine rings is 1. The SMILES string of the molecule is COc1ccc2c(c1)CCN(C[C@@]1(C#Cc3ccc(/C(=N\O)N4CCOCC4)cc3)NC(=O)NC1=O)C2. The number of nitrogens with zero attached hydrogens (tertiary/aromatic N) is 3. The number of carbonyl (C=O) groups is 2. The summed E-state index contributed by atoms with van der Waals surface area (Å²) in [4.78, 5) is 29.1. The van der Waals surface area contributed by atoms with E-state index in [2.05, 4.69) is 32.5 Å². The standard InChI is InChI=1S/C27H29N5O5/c1-36-23-7-6-22-17-31(11-9-21(22)16-23)18-27(25(33)28-26(34)29-27)10-8-19-2-4-20(5-3-19)24(30-35)32-12-14-37-15-13-32/h2-7,16,35H,9,11-15,17-18H2,1H3,(H2,28,29,33,34)/b30-24+/t27-/m1/s1. The van der Waals surface area contributed by atoms with Crippen LogP contribution in [0.3, 0.4) is 0 Å². The van der Waals surface area contributed by atoms with Gasteiger partial charge in [-0.05, 0) is 53.9 Å². The minimum absolute atomic E-state index is 0.263. The Hall–Kier alpha value is -4.07. The minimum Gasteiger partial charge on any atom is -0.497 e. The minimum atomic E-state index is -1.36. The molecular formula is C27H29N5O5. The number of rotatable bonds is 4. The molecule has 2 aromatic rings. The van der Waals surface area contributed by atoms with E-state index in [9.17, 15) is 14.8 Å². The van der Waals surface area contributed by atoms with Gasteiger partial charge in [0.1, 0.15) is 5.75 Å². The number of carbonyl (C=O) groups excluding carboxylic acids is 2. The number of fused-ring (bicyclic) bond motifs is 1. The van der Waals surface area contributed by atoms with Crippen molar-refractivity contribution >= 4 is 17.8 Å². The van der Waals surface area contributed by atoms with E-state index in [0.717, 1.165) is 29.8 Å². The van der Waals surface area contributed by atoms with Crippen LogP contribution in [0.1, 0.15) is 22.3 Å². The van der Waals surface area contributed by atoms with Crippen LogP contribution in [0.15, 0.2) is 47.6 Å². The molecule has 192 valence electrons. The molecule has 0 spiro atoms. The molecule has 2 fully saturated rings. The predicted molar refractivity (Wildman–Crippen MR) is 135 cm³/mol. The van der Waals surface area contributed by atoms with Gasteiger partial charge >= 0.3 is 6.03 Å². The quantitative estimate of drug-likeness (QED) is 0.143. The molecule has 3 N–H and O–H groups in total. The maximum Gasteiger partial charge on any atom is 0.323 e. The molecule has 1 atom stereocenters. The number of hydrogen-bond donors (Lipinski definition) is 3. The summed E-state index contributed by atoms with van der Waals surface area (Å²) in [5.41, 5.74) is 2.45.